The van der Waals surface area contributed by atoms with Gasteiger partial charge >= 0.3 is 0 Å². The van der Waals surface area contributed by atoms with Gasteiger partial charge in [-0.1, -0.05) is 72.8 Å². The molecule has 0 saturated carbocycles. The van der Waals surface area contributed by atoms with Crippen molar-refractivity contribution >= 4 is 52.1 Å². The number of benzene rings is 3. The van der Waals surface area contributed by atoms with Crippen molar-refractivity contribution in [3.63, 3.8) is 0 Å². The van der Waals surface area contributed by atoms with Gasteiger partial charge in [-0.3, -0.25) is 19.3 Å². The third kappa shape index (κ3) is 5.21. The maximum Gasteiger partial charge on any atom is 0.293 e. The van der Waals surface area contributed by atoms with E-state index in [1.54, 1.807) is 13.0 Å². The van der Waals surface area contributed by atoms with Crippen LogP contribution in [0, 0.1) is 0 Å². The van der Waals surface area contributed by atoms with Gasteiger partial charge in [0.15, 0.2) is 0 Å². The van der Waals surface area contributed by atoms with Crippen LogP contribution in [-0.4, -0.2) is 22.3 Å². The fraction of sp³-hybridized carbons (Fsp3) is 0.107. The Morgan fingerprint density at radius 3 is 2.18 bits per heavy atom. The molecular weight excluding hydrogens is 430 g/mol. The quantitative estimate of drug-likeness (QED) is 0.311. The fourth-order valence-electron chi connectivity index (χ4n) is 3.73. The van der Waals surface area contributed by atoms with Crippen molar-refractivity contribution in [2.45, 2.75) is 20.4 Å². The molecular formula is C28H23NO3S. The zero-order chi connectivity index (χ0) is 23.4. The van der Waals surface area contributed by atoms with Crippen molar-refractivity contribution in [2.24, 2.45) is 0 Å². The van der Waals surface area contributed by atoms with Crippen LogP contribution in [0.2, 0.25) is 0 Å². The number of hydrogen-bond acceptors (Lipinski definition) is 4. The molecule has 3 aromatic carbocycles. The summed E-state index contributed by atoms with van der Waals surface area (Å²) in [5, 5.41) is 1.87. The Hall–Kier alpha value is -3.70. The van der Waals surface area contributed by atoms with E-state index in [1.807, 2.05) is 85.8 Å². The molecule has 0 radical (unpaired) electrons. The number of allylic oxidation sites excluding steroid dienone is 3. The number of hydrogen-bond donors (Lipinski definition) is 0. The lowest BCUT2D eigenvalue weighted by Crippen LogP contribution is -2.27. The number of imide groups is 1. The van der Waals surface area contributed by atoms with Crippen LogP contribution in [0.25, 0.3) is 22.9 Å². The predicted molar refractivity (Wildman–Crippen MR) is 135 cm³/mol. The minimum atomic E-state index is -0.268. The molecule has 1 saturated heterocycles. The zero-order valence-electron chi connectivity index (χ0n) is 18.4. The van der Waals surface area contributed by atoms with Crippen molar-refractivity contribution in [3.05, 3.63) is 106 Å². The molecule has 4 rings (SSSR count). The molecule has 4 nitrogen and oxygen atoms in total. The van der Waals surface area contributed by atoms with Gasteiger partial charge in [-0.25, -0.2) is 0 Å². The molecule has 3 aromatic rings. The van der Waals surface area contributed by atoms with Crippen LogP contribution in [-0.2, 0) is 16.1 Å². The first-order valence-electron chi connectivity index (χ1n) is 10.6. The van der Waals surface area contributed by atoms with Gasteiger partial charge in [0.1, 0.15) is 6.29 Å². The van der Waals surface area contributed by atoms with Crippen molar-refractivity contribution in [1.29, 1.82) is 0 Å². The SMILES string of the molecule is C/C(C=O)=C\c1ccc(/C=C(C)/C=C2\SC(=O)N(Cc3cccc4ccccc34)C2=O)cc1. The second-order valence-electron chi connectivity index (χ2n) is 7.97. The monoisotopic (exact) mass is 453 g/mol. The first-order chi connectivity index (χ1) is 15.9. The average Bonchev–Trinajstić information content (AvgIpc) is 3.07. The number of nitrogens with zero attached hydrogens (tertiary/aromatic N) is 1. The standard InChI is InChI=1S/C28H23NO3S/c1-19(14-21-10-12-22(13-11-21)15-20(2)18-30)16-26-27(31)29(28(32)33-26)17-24-8-5-7-23-6-3-4-9-25(23)24/h3-16,18H,17H2,1-2H3/b19-14+,20-15+,26-16-. The Morgan fingerprint density at radius 2 is 1.48 bits per heavy atom. The zero-order valence-corrected chi connectivity index (χ0v) is 19.3. The molecule has 5 heteroatoms. The van der Waals surface area contributed by atoms with Crippen LogP contribution in [0.3, 0.4) is 0 Å². The number of amides is 2. The van der Waals surface area contributed by atoms with E-state index in [0.29, 0.717) is 10.5 Å². The first kappa shape index (κ1) is 22.5. The van der Waals surface area contributed by atoms with Crippen LogP contribution < -0.4 is 0 Å². The number of carbonyl (C=O) groups excluding carboxylic acids is 3. The van der Waals surface area contributed by atoms with Crippen LogP contribution >= 0.6 is 11.8 Å². The third-order valence-corrected chi connectivity index (χ3v) is 6.26. The van der Waals surface area contributed by atoms with Crippen molar-refractivity contribution < 1.29 is 14.4 Å². The number of thioether (sulfide) groups is 1. The largest absolute Gasteiger partial charge is 0.298 e. The molecule has 0 spiro atoms. The van der Waals surface area contributed by atoms with Gasteiger partial charge in [-0.2, -0.15) is 0 Å². The fourth-order valence-corrected chi connectivity index (χ4v) is 4.62. The lowest BCUT2D eigenvalue weighted by molar-refractivity contribution is -0.123. The van der Waals surface area contributed by atoms with Gasteiger partial charge in [-0.15, -0.1) is 0 Å². The number of aldehydes is 1. The summed E-state index contributed by atoms with van der Waals surface area (Å²) in [6.45, 7) is 3.92. The smallest absolute Gasteiger partial charge is 0.293 e. The highest BCUT2D eigenvalue weighted by Crippen LogP contribution is 2.34. The predicted octanol–water partition coefficient (Wildman–Crippen LogP) is 6.62. The number of carbonyl (C=O) groups is 3. The highest BCUT2D eigenvalue weighted by Gasteiger charge is 2.35. The summed E-state index contributed by atoms with van der Waals surface area (Å²) in [6.07, 6.45) is 6.36. The molecule has 1 aliphatic heterocycles. The summed E-state index contributed by atoms with van der Waals surface area (Å²) in [4.78, 5) is 38.1. The minimum absolute atomic E-state index is 0.251. The first-order valence-corrected chi connectivity index (χ1v) is 11.4. The van der Waals surface area contributed by atoms with Crippen LogP contribution in [0.4, 0.5) is 4.79 Å². The molecule has 1 fully saturated rings. The Labute approximate surface area is 197 Å². The van der Waals surface area contributed by atoms with Crippen LogP contribution in [0.15, 0.2) is 88.9 Å². The maximum atomic E-state index is 13.0. The summed E-state index contributed by atoms with van der Waals surface area (Å²) in [5.41, 5.74) is 4.40. The highest BCUT2D eigenvalue weighted by atomic mass is 32.2. The Morgan fingerprint density at radius 1 is 0.848 bits per heavy atom. The van der Waals surface area contributed by atoms with Crippen molar-refractivity contribution in [3.8, 4) is 0 Å². The Bertz CT molecular complexity index is 1330. The third-order valence-electron chi connectivity index (χ3n) is 5.35. The van der Waals surface area contributed by atoms with Crippen LogP contribution in [0.1, 0.15) is 30.5 Å². The molecule has 0 aliphatic carbocycles. The van der Waals surface area contributed by atoms with E-state index < -0.39 is 0 Å². The summed E-state index contributed by atoms with van der Waals surface area (Å²) in [6, 6.07) is 21.7. The normalized spacial score (nSPS) is 16.2. The van der Waals surface area contributed by atoms with E-state index in [9.17, 15) is 14.4 Å². The second-order valence-corrected chi connectivity index (χ2v) is 8.96. The molecule has 2 amide bonds. The topological polar surface area (TPSA) is 54.5 Å². The molecule has 164 valence electrons. The van der Waals surface area contributed by atoms with E-state index in [4.69, 9.17) is 0 Å². The molecule has 0 unspecified atom stereocenters. The molecule has 0 N–H and O–H groups in total. The number of rotatable bonds is 6. The second kappa shape index (κ2) is 9.84. The van der Waals surface area contributed by atoms with Gasteiger partial charge in [0.25, 0.3) is 11.1 Å². The molecule has 0 bridgehead atoms. The van der Waals surface area contributed by atoms with Gasteiger partial charge in [-0.05, 0) is 76.4 Å². The van der Waals surface area contributed by atoms with E-state index >= 15 is 0 Å². The Balaban J connectivity index is 1.51. The summed E-state index contributed by atoms with van der Waals surface area (Å²) < 4.78 is 0. The number of fused-ring (bicyclic) bond motifs is 1. The van der Waals surface area contributed by atoms with E-state index in [1.165, 1.54) is 4.90 Å². The molecule has 1 heterocycles. The lowest BCUT2D eigenvalue weighted by atomic mass is 10.0. The Kier molecular flexibility index (Phi) is 6.71. The summed E-state index contributed by atoms with van der Waals surface area (Å²) in [5.74, 6) is -0.268. The van der Waals surface area contributed by atoms with Gasteiger partial charge in [0, 0.05) is 0 Å². The summed E-state index contributed by atoms with van der Waals surface area (Å²) in [7, 11) is 0. The van der Waals surface area contributed by atoms with Crippen molar-refractivity contribution in [2.75, 3.05) is 0 Å². The molecule has 0 atom stereocenters. The average molecular weight is 454 g/mol. The van der Waals surface area contributed by atoms with E-state index in [2.05, 4.69) is 0 Å². The highest BCUT2D eigenvalue weighted by molar-refractivity contribution is 8.18. The van der Waals surface area contributed by atoms with E-state index in [0.717, 1.165) is 51.1 Å². The van der Waals surface area contributed by atoms with E-state index in [-0.39, 0.29) is 17.7 Å². The van der Waals surface area contributed by atoms with Crippen molar-refractivity contribution in [1.82, 2.24) is 4.90 Å². The van der Waals surface area contributed by atoms with Gasteiger partial charge in [0.2, 0.25) is 0 Å². The molecule has 33 heavy (non-hydrogen) atoms. The van der Waals surface area contributed by atoms with Crippen LogP contribution in [0.5, 0.6) is 0 Å². The molecule has 1 aliphatic rings. The minimum Gasteiger partial charge on any atom is -0.298 e. The lowest BCUT2D eigenvalue weighted by Gasteiger charge is -2.14. The van der Waals surface area contributed by atoms with Gasteiger partial charge in [0.05, 0.1) is 11.4 Å². The summed E-state index contributed by atoms with van der Waals surface area (Å²) >= 11 is 0.974. The molecule has 0 aromatic heterocycles. The van der Waals surface area contributed by atoms with Gasteiger partial charge < -0.3 is 0 Å². The maximum absolute atomic E-state index is 13.0.